The number of anilines is 1. The van der Waals surface area contributed by atoms with Gasteiger partial charge in [-0.25, -0.2) is 4.68 Å². The molecule has 3 aromatic rings. The number of hydrogen-bond acceptors (Lipinski definition) is 4. The molecular formula is C25H29N5O2. The maximum atomic E-state index is 12.8. The van der Waals surface area contributed by atoms with E-state index in [4.69, 9.17) is 0 Å². The van der Waals surface area contributed by atoms with Crippen LogP contribution in [0.15, 0.2) is 60.7 Å². The Balaban J connectivity index is 1.28. The van der Waals surface area contributed by atoms with Crippen molar-refractivity contribution in [1.82, 2.24) is 20.0 Å². The third kappa shape index (κ3) is 4.66. The number of para-hydroxylation sites is 2. The molecule has 2 aromatic carbocycles. The lowest BCUT2D eigenvalue weighted by Crippen LogP contribution is -2.49. The number of rotatable bonds is 6. The first-order valence-electron chi connectivity index (χ1n) is 11.0. The first-order chi connectivity index (χ1) is 15.5. The summed E-state index contributed by atoms with van der Waals surface area (Å²) < 4.78 is 1.78. The van der Waals surface area contributed by atoms with E-state index < -0.39 is 0 Å². The number of nitrogens with one attached hydrogen (secondary N) is 1. The highest BCUT2D eigenvalue weighted by Gasteiger charge is 2.22. The Labute approximate surface area is 188 Å². The van der Waals surface area contributed by atoms with Crippen LogP contribution in [0.4, 0.5) is 5.69 Å². The van der Waals surface area contributed by atoms with Gasteiger partial charge in [-0.15, -0.1) is 0 Å². The Morgan fingerprint density at radius 3 is 2.09 bits per heavy atom. The molecule has 1 aliphatic rings. The number of piperazine rings is 1. The zero-order valence-electron chi connectivity index (χ0n) is 18.6. The smallest absolute Gasteiger partial charge is 0.255 e. The summed E-state index contributed by atoms with van der Waals surface area (Å²) in [5.41, 5.74) is 4.13. The van der Waals surface area contributed by atoms with Crippen LogP contribution in [-0.2, 0) is 4.79 Å². The fourth-order valence-electron chi connectivity index (χ4n) is 4.17. The molecule has 0 bridgehead atoms. The largest absolute Gasteiger partial charge is 0.368 e. The van der Waals surface area contributed by atoms with E-state index in [1.807, 2.05) is 67.3 Å². The van der Waals surface area contributed by atoms with Crippen molar-refractivity contribution in [2.24, 2.45) is 0 Å². The van der Waals surface area contributed by atoms with Crippen LogP contribution >= 0.6 is 0 Å². The third-order valence-corrected chi connectivity index (χ3v) is 5.90. The van der Waals surface area contributed by atoms with Crippen molar-refractivity contribution < 1.29 is 9.59 Å². The second-order valence-corrected chi connectivity index (χ2v) is 8.00. The van der Waals surface area contributed by atoms with Crippen LogP contribution in [0.2, 0.25) is 0 Å². The van der Waals surface area contributed by atoms with Gasteiger partial charge in [0.1, 0.15) is 0 Å². The number of nitrogens with zero attached hydrogens (tertiary/aromatic N) is 4. The quantitative estimate of drug-likeness (QED) is 0.652. The number of hydrogen-bond donors (Lipinski definition) is 1. The molecule has 7 nitrogen and oxygen atoms in total. The standard InChI is InChI=1S/C25H29N5O2/c1-19-24(20(2)30(27-19)22-11-7-4-8-12-22)25(32)26-14-13-23(31)29-17-15-28(16-18-29)21-9-5-3-6-10-21/h3-12H,13-18H2,1-2H3,(H,26,32). The Morgan fingerprint density at radius 1 is 0.875 bits per heavy atom. The van der Waals surface area contributed by atoms with Crippen molar-refractivity contribution in [2.45, 2.75) is 20.3 Å². The highest BCUT2D eigenvalue weighted by molar-refractivity contribution is 5.96. The molecule has 2 amide bonds. The molecule has 32 heavy (non-hydrogen) atoms. The Kier molecular flexibility index (Phi) is 6.54. The maximum absolute atomic E-state index is 12.8. The molecule has 0 radical (unpaired) electrons. The van der Waals surface area contributed by atoms with Crippen molar-refractivity contribution >= 4 is 17.5 Å². The van der Waals surface area contributed by atoms with Crippen molar-refractivity contribution in [1.29, 1.82) is 0 Å². The first-order valence-corrected chi connectivity index (χ1v) is 11.0. The maximum Gasteiger partial charge on any atom is 0.255 e. The number of carbonyl (C=O) groups is 2. The average molecular weight is 432 g/mol. The molecule has 0 unspecified atom stereocenters. The summed E-state index contributed by atoms with van der Waals surface area (Å²) in [4.78, 5) is 29.6. The number of benzene rings is 2. The third-order valence-electron chi connectivity index (χ3n) is 5.90. The minimum absolute atomic E-state index is 0.0754. The predicted molar refractivity (Wildman–Crippen MR) is 125 cm³/mol. The summed E-state index contributed by atoms with van der Waals surface area (Å²) in [6, 6.07) is 20.0. The van der Waals surface area contributed by atoms with Crippen molar-refractivity contribution in [3.05, 3.63) is 77.6 Å². The minimum Gasteiger partial charge on any atom is -0.368 e. The average Bonchev–Trinajstić information content (AvgIpc) is 3.14. The molecule has 1 N–H and O–H groups in total. The van der Waals surface area contributed by atoms with Gasteiger partial charge in [-0.2, -0.15) is 5.10 Å². The molecule has 0 aliphatic carbocycles. The zero-order valence-corrected chi connectivity index (χ0v) is 18.6. The normalized spacial score (nSPS) is 13.8. The molecule has 0 saturated carbocycles. The van der Waals surface area contributed by atoms with Gasteiger partial charge in [0.25, 0.3) is 5.91 Å². The molecule has 7 heteroatoms. The highest BCUT2D eigenvalue weighted by atomic mass is 16.2. The van der Waals surface area contributed by atoms with Crippen LogP contribution in [0.3, 0.4) is 0 Å². The van der Waals surface area contributed by atoms with Gasteiger partial charge < -0.3 is 15.1 Å². The van der Waals surface area contributed by atoms with Gasteiger partial charge in [0.15, 0.2) is 0 Å². The minimum atomic E-state index is -0.191. The fraction of sp³-hybridized carbons (Fsp3) is 0.320. The SMILES string of the molecule is Cc1nn(-c2ccccc2)c(C)c1C(=O)NCCC(=O)N1CCN(c2ccccc2)CC1. The first kappa shape index (κ1) is 21.6. The monoisotopic (exact) mass is 431 g/mol. The highest BCUT2D eigenvalue weighted by Crippen LogP contribution is 2.18. The van der Waals surface area contributed by atoms with E-state index >= 15 is 0 Å². The van der Waals surface area contributed by atoms with Gasteiger partial charge in [0.05, 0.1) is 22.6 Å². The van der Waals surface area contributed by atoms with Gasteiger partial charge >= 0.3 is 0 Å². The Morgan fingerprint density at radius 2 is 1.47 bits per heavy atom. The van der Waals surface area contributed by atoms with E-state index in [1.165, 1.54) is 5.69 Å². The number of aromatic nitrogens is 2. The van der Waals surface area contributed by atoms with Gasteiger partial charge in [-0.1, -0.05) is 36.4 Å². The number of carbonyl (C=O) groups excluding carboxylic acids is 2. The fourth-order valence-corrected chi connectivity index (χ4v) is 4.17. The molecule has 4 rings (SSSR count). The van der Waals surface area contributed by atoms with Crippen LogP contribution in [0.25, 0.3) is 5.69 Å². The summed E-state index contributed by atoms with van der Waals surface area (Å²) in [7, 11) is 0. The lowest BCUT2D eigenvalue weighted by atomic mass is 10.1. The van der Waals surface area contributed by atoms with E-state index in [2.05, 4.69) is 27.4 Å². The van der Waals surface area contributed by atoms with Crippen molar-refractivity contribution in [3.63, 3.8) is 0 Å². The van der Waals surface area contributed by atoms with Crippen LogP contribution in [0.1, 0.15) is 28.2 Å². The van der Waals surface area contributed by atoms with E-state index in [9.17, 15) is 9.59 Å². The number of aryl methyl sites for hydroxylation is 1. The molecule has 1 fully saturated rings. The van der Waals surface area contributed by atoms with Crippen molar-refractivity contribution in [2.75, 3.05) is 37.6 Å². The molecule has 1 aromatic heterocycles. The Hall–Kier alpha value is -3.61. The van der Waals surface area contributed by atoms with Gasteiger partial charge in [0, 0.05) is 44.8 Å². The summed E-state index contributed by atoms with van der Waals surface area (Å²) in [5, 5.41) is 7.43. The van der Waals surface area contributed by atoms with E-state index in [1.54, 1.807) is 4.68 Å². The van der Waals surface area contributed by atoms with Crippen LogP contribution in [0, 0.1) is 13.8 Å². The van der Waals surface area contributed by atoms with E-state index in [0.717, 1.165) is 24.5 Å². The summed E-state index contributed by atoms with van der Waals surface area (Å²) in [5.74, 6) is -0.115. The van der Waals surface area contributed by atoms with Gasteiger partial charge in [-0.05, 0) is 38.1 Å². The molecule has 2 heterocycles. The molecule has 0 spiro atoms. The predicted octanol–water partition coefficient (Wildman–Crippen LogP) is 2.96. The lowest BCUT2D eigenvalue weighted by molar-refractivity contribution is -0.131. The molecule has 1 saturated heterocycles. The van der Waals surface area contributed by atoms with E-state index in [0.29, 0.717) is 37.3 Å². The topological polar surface area (TPSA) is 70.5 Å². The van der Waals surface area contributed by atoms with Crippen molar-refractivity contribution in [3.8, 4) is 5.69 Å². The second kappa shape index (κ2) is 9.68. The van der Waals surface area contributed by atoms with E-state index in [-0.39, 0.29) is 11.8 Å². The molecular weight excluding hydrogens is 402 g/mol. The zero-order chi connectivity index (χ0) is 22.5. The second-order valence-electron chi connectivity index (χ2n) is 8.00. The number of amides is 2. The summed E-state index contributed by atoms with van der Waals surface area (Å²) in [6.07, 6.45) is 0.294. The van der Waals surface area contributed by atoms with Gasteiger partial charge in [-0.3, -0.25) is 9.59 Å². The Bertz CT molecular complexity index is 1070. The van der Waals surface area contributed by atoms with Crippen LogP contribution in [0.5, 0.6) is 0 Å². The lowest BCUT2D eigenvalue weighted by Gasteiger charge is -2.36. The molecule has 166 valence electrons. The van der Waals surface area contributed by atoms with Crippen LogP contribution in [-0.4, -0.2) is 59.2 Å². The molecule has 1 aliphatic heterocycles. The summed E-state index contributed by atoms with van der Waals surface area (Å²) in [6.45, 7) is 7.07. The van der Waals surface area contributed by atoms with Gasteiger partial charge in [0.2, 0.25) is 5.91 Å². The van der Waals surface area contributed by atoms with Crippen LogP contribution < -0.4 is 10.2 Å². The molecule has 0 atom stereocenters. The summed E-state index contributed by atoms with van der Waals surface area (Å²) >= 11 is 0.